The molecule has 0 spiro atoms. The maximum Gasteiger partial charge on any atom is 0.181 e. The first-order valence-corrected chi connectivity index (χ1v) is 11.5. The van der Waals surface area contributed by atoms with Gasteiger partial charge < -0.3 is 5.73 Å². The fourth-order valence-electron chi connectivity index (χ4n) is 3.93. The number of nitrogens with zero attached hydrogens (tertiary/aromatic N) is 4. The third-order valence-electron chi connectivity index (χ3n) is 5.60. The highest BCUT2D eigenvalue weighted by Gasteiger charge is 2.07. The summed E-state index contributed by atoms with van der Waals surface area (Å²) < 4.78 is 2.91. The summed E-state index contributed by atoms with van der Waals surface area (Å²) in [5.74, 6) is 1.04. The van der Waals surface area contributed by atoms with Crippen molar-refractivity contribution in [3.8, 4) is 11.3 Å². The first-order valence-electron chi connectivity index (χ1n) is 10.7. The standard InChI is InChI=1S/C17H15N5S.C7H14/c1-22-10-13(9-20-22)15-7-12(4-5-19-15)6-11-2-3-14-16(8-11)23-17(18)21-14;1-7-5-3-2-4-6-7/h2-5,7-10H,6H2,1H3,(H2,18,21);7H,2-6H2,1H3. The van der Waals surface area contributed by atoms with E-state index in [1.165, 1.54) is 54.6 Å². The zero-order chi connectivity index (χ0) is 20.9. The van der Waals surface area contributed by atoms with Crippen LogP contribution in [0.3, 0.4) is 0 Å². The monoisotopic (exact) mass is 419 g/mol. The highest BCUT2D eigenvalue weighted by atomic mass is 32.1. The van der Waals surface area contributed by atoms with Gasteiger partial charge in [-0.25, -0.2) is 4.98 Å². The number of rotatable bonds is 3. The second-order valence-electron chi connectivity index (χ2n) is 8.23. The van der Waals surface area contributed by atoms with Crippen molar-refractivity contribution in [1.29, 1.82) is 0 Å². The van der Waals surface area contributed by atoms with Crippen LogP contribution in [0.1, 0.15) is 50.2 Å². The molecule has 1 aliphatic rings. The largest absolute Gasteiger partial charge is 0.375 e. The molecule has 5 rings (SSSR count). The van der Waals surface area contributed by atoms with E-state index in [0.29, 0.717) is 5.13 Å². The molecule has 1 fully saturated rings. The number of hydrogen-bond acceptors (Lipinski definition) is 5. The normalized spacial score (nSPS) is 14.5. The Hall–Kier alpha value is -2.73. The smallest absolute Gasteiger partial charge is 0.181 e. The van der Waals surface area contributed by atoms with Crippen LogP contribution in [0.5, 0.6) is 0 Å². The van der Waals surface area contributed by atoms with E-state index in [4.69, 9.17) is 5.73 Å². The summed E-state index contributed by atoms with van der Waals surface area (Å²) in [5, 5.41) is 4.81. The minimum atomic E-state index is 0.611. The number of aromatic nitrogens is 4. The number of anilines is 1. The van der Waals surface area contributed by atoms with Crippen molar-refractivity contribution in [3.05, 3.63) is 60.0 Å². The van der Waals surface area contributed by atoms with Crippen molar-refractivity contribution in [2.75, 3.05) is 5.73 Å². The number of aryl methyl sites for hydroxylation is 1. The molecule has 30 heavy (non-hydrogen) atoms. The lowest BCUT2D eigenvalue weighted by atomic mass is 9.91. The number of nitrogen functional groups attached to an aromatic ring is 1. The van der Waals surface area contributed by atoms with Crippen molar-refractivity contribution < 1.29 is 0 Å². The number of thiazole rings is 1. The summed E-state index contributed by atoms with van der Waals surface area (Å²) in [6.45, 7) is 2.36. The molecule has 0 saturated heterocycles. The average Bonchev–Trinajstić information content (AvgIpc) is 3.33. The topological polar surface area (TPSA) is 69.6 Å². The maximum atomic E-state index is 5.77. The summed E-state index contributed by atoms with van der Waals surface area (Å²) in [5.41, 5.74) is 11.2. The van der Waals surface area contributed by atoms with E-state index in [1.807, 2.05) is 37.8 Å². The molecule has 2 N–H and O–H groups in total. The van der Waals surface area contributed by atoms with Gasteiger partial charge in [-0.05, 0) is 47.7 Å². The van der Waals surface area contributed by atoms with Crippen LogP contribution in [0.25, 0.3) is 21.5 Å². The van der Waals surface area contributed by atoms with E-state index >= 15 is 0 Å². The Balaban J connectivity index is 0.000000265. The van der Waals surface area contributed by atoms with E-state index in [-0.39, 0.29) is 0 Å². The van der Waals surface area contributed by atoms with Gasteiger partial charge in [0.25, 0.3) is 0 Å². The van der Waals surface area contributed by atoms with E-state index in [1.54, 1.807) is 4.68 Å². The van der Waals surface area contributed by atoms with Crippen LogP contribution < -0.4 is 5.73 Å². The molecule has 4 aromatic rings. The zero-order valence-corrected chi connectivity index (χ0v) is 18.5. The van der Waals surface area contributed by atoms with Crippen LogP contribution >= 0.6 is 11.3 Å². The minimum absolute atomic E-state index is 0.611. The van der Waals surface area contributed by atoms with Gasteiger partial charge in [0.15, 0.2) is 5.13 Å². The molecule has 0 amide bonds. The Morgan fingerprint density at radius 3 is 2.60 bits per heavy atom. The van der Waals surface area contributed by atoms with Gasteiger partial charge in [-0.3, -0.25) is 9.67 Å². The fraction of sp³-hybridized carbons (Fsp3) is 0.375. The number of hydrogen-bond donors (Lipinski definition) is 1. The molecule has 3 heterocycles. The second kappa shape index (κ2) is 9.39. The second-order valence-corrected chi connectivity index (χ2v) is 9.29. The quantitative estimate of drug-likeness (QED) is 0.452. The molecule has 156 valence electrons. The van der Waals surface area contributed by atoms with Gasteiger partial charge in [0.05, 0.1) is 22.1 Å². The molecule has 6 heteroatoms. The molecule has 0 aliphatic heterocycles. The fourth-order valence-corrected chi connectivity index (χ4v) is 4.73. The molecular weight excluding hydrogens is 390 g/mol. The van der Waals surface area contributed by atoms with Gasteiger partial charge in [-0.15, -0.1) is 0 Å². The van der Waals surface area contributed by atoms with Crippen LogP contribution in [0.2, 0.25) is 0 Å². The van der Waals surface area contributed by atoms with Gasteiger partial charge in [-0.1, -0.05) is 56.4 Å². The molecule has 1 saturated carbocycles. The van der Waals surface area contributed by atoms with Crippen molar-refractivity contribution in [3.63, 3.8) is 0 Å². The lowest BCUT2D eigenvalue weighted by molar-refractivity contribution is 0.385. The Morgan fingerprint density at radius 1 is 1.10 bits per heavy atom. The lowest BCUT2D eigenvalue weighted by Gasteiger charge is -2.15. The van der Waals surface area contributed by atoms with E-state index < -0.39 is 0 Å². The van der Waals surface area contributed by atoms with Gasteiger partial charge in [-0.2, -0.15) is 5.10 Å². The Kier molecular flexibility index (Phi) is 6.43. The van der Waals surface area contributed by atoms with Crippen LogP contribution in [-0.2, 0) is 13.5 Å². The summed E-state index contributed by atoms with van der Waals surface area (Å²) in [4.78, 5) is 8.73. The van der Waals surface area contributed by atoms with Gasteiger partial charge in [0.1, 0.15) is 0 Å². The van der Waals surface area contributed by atoms with E-state index in [9.17, 15) is 0 Å². The minimum Gasteiger partial charge on any atom is -0.375 e. The van der Waals surface area contributed by atoms with Crippen molar-refractivity contribution in [2.45, 2.75) is 45.4 Å². The molecule has 0 radical (unpaired) electrons. The summed E-state index contributed by atoms with van der Waals surface area (Å²) in [6, 6.07) is 10.5. The van der Waals surface area contributed by atoms with Crippen LogP contribution in [0, 0.1) is 5.92 Å². The third-order valence-corrected chi connectivity index (χ3v) is 6.44. The van der Waals surface area contributed by atoms with E-state index in [2.05, 4.69) is 40.2 Å². The SMILES string of the molecule is CC1CCCCC1.Cn1cc(-c2cc(Cc3ccc4nc(N)sc4c3)ccn2)cn1. The molecule has 1 aromatic carbocycles. The van der Waals surface area contributed by atoms with Gasteiger partial charge in [0.2, 0.25) is 0 Å². The Morgan fingerprint density at radius 2 is 1.90 bits per heavy atom. The highest BCUT2D eigenvalue weighted by molar-refractivity contribution is 7.22. The number of benzene rings is 1. The summed E-state index contributed by atoms with van der Waals surface area (Å²) >= 11 is 1.52. The molecule has 0 bridgehead atoms. The van der Waals surface area contributed by atoms with E-state index in [0.717, 1.165) is 33.8 Å². The number of pyridine rings is 1. The third kappa shape index (κ3) is 5.25. The maximum absolute atomic E-state index is 5.77. The summed E-state index contributed by atoms with van der Waals surface area (Å²) in [6.07, 6.45) is 13.9. The highest BCUT2D eigenvalue weighted by Crippen LogP contribution is 2.26. The predicted molar refractivity (Wildman–Crippen MR) is 126 cm³/mol. The first-order chi connectivity index (χ1) is 14.6. The summed E-state index contributed by atoms with van der Waals surface area (Å²) in [7, 11) is 1.91. The van der Waals surface area contributed by atoms with Gasteiger partial charge >= 0.3 is 0 Å². The predicted octanol–water partition coefficient (Wildman–Crippen LogP) is 5.85. The Labute approximate surface area is 182 Å². The van der Waals surface area contributed by atoms with Crippen molar-refractivity contribution in [1.82, 2.24) is 19.7 Å². The van der Waals surface area contributed by atoms with Crippen LogP contribution in [0.15, 0.2) is 48.9 Å². The molecule has 0 unspecified atom stereocenters. The molecule has 3 aromatic heterocycles. The van der Waals surface area contributed by atoms with Crippen LogP contribution in [-0.4, -0.2) is 19.7 Å². The molecular formula is C24H29N5S. The lowest BCUT2D eigenvalue weighted by Crippen LogP contribution is -1.99. The molecule has 5 nitrogen and oxygen atoms in total. The van der Waals surface area contributed by atoms with Crippen molar-refractivity contribution in [2.24, 2.45) is 13.0 Å². The van der Waals surface area contributed by atoms with Gasteiger partial charge in [0, 0.05) is 25.0 Å². The Bertz CT molecular complexity index is 1110. The average molecular weight is 420 g/mol. The molecule has 1 aliphatic carbocycles. The zero-order valence-electron chi connectivity index (χ0n) is 17.7. The van der Waals surface area contributed by atoms with Crippen LogP contribution in [0.4, 0.5) is 5.13 Å². The molecule has 0 atom stereocenters. The van der Waals surface area contributed by atoms with Crippen molar-refractivity contribution >= 4 is 26.7 Å². The number of nitrogens with two attached hydrogens (primary N) is 1. The first kappa shape index (κ1) is 20.5. The number of fused-ring (bicyclic) bond motifs is 1.